The molecule has 4 aliphatic heterocycles. The number of ether oxygens (including phenoxy) is 7. The van der Waals surface area contributed by atoms with Gasteiger partial charge in [-0.25, -0.2) is 62.6 Å². The molecule has 0 saturated carbocycles. The van der Waals surface area contributed by atoms with Gasteiger partial charge in [-0.1, -0.05) is 78.6 Å². The molecule has 30 nitrogen and oxygen atoms in total. The van der Waals surface area contributed by atoms with E-state index >= 15 is 0 Å². The highest BCUT2D eigenvalue weighted by molar-refractivity contribution is 6.31. The van der Waals surface area contributed by atoms with Crippen molar-refractivity contribution in [2.75, 3.05) is 52.4 Å². The number of likely N-dealkylation sites (tertiary alicyclic amines) is 2. The van der Waals surface area contributed by atoms with E-state index in [2.05, 4.69) is 45.6 Å². The molecule has 4 saturated heterocycles. The first-order valence-electron chi connectivity index (χ1n) is 30.4. The molecule has 0 bridgehead atoms. The molecular weight excluding hydrogens is 1420 g/mol. The van der Waals surface area contributed by atoms with Crippen molar-refractivity contribution in [3.05, 3.63) is 125 Å². The van der Waals surface area contributed by atoms with Crippen LogP contribution in [0.1, 0.15) is 90.5 Å². The van der Waals surface area contributed by atoms with E-state index < -0.39 is 52.7 Å². The van der Waals surface area contributed by atoms with E-state index in [1.54, 1.807) is 105 Å². The number of aliphatic carboxylic acids is 1. The average Bonchev–Trinajstić information content (AvgIpc) is 1.01. The number of carbonyl (C=O) groups is 7. The summed E-state index contributed by atoms with van der Waals surface area (Å²) in [6.45, 7) is 25.3. The third-order valence-electron chi connectivity index (χ3n) is 11.9. The second-order valence-corrected chi connectivity index (χ2v) is 26.8. The smallest absolute Gasteiger partial charge is 0.478 e. The third-order valence-corrected chi connectivity index (χ3v) is 12.6. The van der Waals surface area contributed by atoms with E-state index in [0.717, 1.165) is 35.9 Å². The first kappa shape index (κ1) is 88.4. The zero-order valence-electron chi connectivity index (χ0n) is 57.0. The van der Waals surface area contributed by atoms with Gasteiger partial charge in [0.1, 0.15) is 53.6 Å². The Kier molecular flexibility index (Phi) is 36.1. The molecule has 0 unspecified atom stereocenters. The van der Waals surface area contributed by atoms with E-state index in [0.29, 0.717) is 71.8 Å². The van der Waals surface area contributed by atoms with Gasteiger partial charge < -0.3 is 68.9 Å². The number of hydrogen-bond acceptors (Lipinski definition) is 24. The Bertz CT molecular complexity index is 3700. The molecule has 0 radical (unpaired) electrons. The van der Waals surface area contributed by atoms with Crippen molar-refractivity contribution in [1.82, 2.24) is 64.7 Å². The number of β-amino-alcohol motifs (C(OH)–C–C–N with tert-alkyl or cyclic N) is 2. The van der Waals surface area contributed by atoms with Gasteiger partial charge in [0.2, 0.25) is 0 Å². The number of carboxylic acid groups (broad SMARTS) is 1. The fourth-order valence-corrected chi connectivity index (χ4v) is 7.86. The monoisotopic (exact) mass is 1510 g/mol. The molecule has 4 aliphatic rings. The van der Waals surface area contributed by atoms with Crippen molar-refractivity contribution in [2.45, 2.75) is 137 Å². The van der Waals surface area contributed by atoms with Gasteiger partial charge in [0.15, 0.2) is 17.5 Å². The number of esters is 2. The van der Waals surface area contributed by atoms with Gasteiger partial charge in [0.05, 0.1) is 38.4 Å². The molecule has 4 fully saturated rings. The number of benzene rings is 3. The number of carbonyl (C=O) groups excluding carboxylic acids is 6. The minimum atomic E-state index is -1.06. The van der Waals surface area contributed by atoms with Crippen LogP contribution in [0.25, 0.3) is 52.8 Å². The Hall–Kier alpha value is -8.72. The molecule has 3 aromatic heterocycles. The van der Waals surface area contributed by atoms with Crippen LogP contribution in [-0.2, 0) is 47.5 Å². The lowest BCUT2D eigenvalue weighted by atomic mass is 10.2. The van der Waals surface area contributed by atoms with Crippen LogP contribution in [0.2, 0.25) is 15.1 Å². The molecule has 35 heteroatoms. The van der Waals surface area contributed by atoms with Crippen LogP contribution in [-0.4, -0.2) is 211 Å². The van der Waals surface area contributed by atoms with Crippen LogP contribution in [0.15, 0.2) is 110 Å². The van der Waals surface area contributed by atoms with Crippen LogP contribution in [0.4, 0.5) is 19.2 Å². The van der Waals surface area contributed by atoms with Gasteiger partial charge >= 0.3 is 42.4 Å². The summed E-state index contributed by atoms with van der Waals surface area (Å²) in [5.74, 6) is -0.423. The zero-order valence-corrected chi connectivity index (χ0v) is 60.9. The maximum atomic E-state index is 11.9. The number of aliphatic hydroxyl groups is 2. The lowest BCUT2D eigenvalue weighted by Crippen LogP contribution is -2.56. The van der Waals surface area contributed by atoms with Crippen molar-refractivity contribution in [1.29, 1.82) is 0 Å². The SMILES string of the molecule is C.CC(C)(C)OC(=O)N1CC(O)C1.CC(C)(C)OC(=O)N1CC(OC(=O)/C=C/n2cnc(-c3cccc(Cl)c3)n2)C1.CC(C)(C)OC(=O)OC(=O)OC(C)(C)C.Cl.Cl.O=C(/C=C/n1cnc(-c2cccc(Cl)c2)n1)OC1CNC1.O=C(O)/C=C/n1cnc(-c2cccc(Cl)c2)n1.OC1CNC1. The van der Waals surface area contributed by atoms with Gasteiger partial charge in [-0.15, -0.1) is 40.1 Å². The molecule has 2 amide bonds. The molecule has 0 spiro atoms. The largest absolute Gasteiger partial charge is 0.519 e. The number of aromatic nitrogens is 9. The van der Waals surface area contributed by atoms with E-state index in [9.17, 15) is 33.6 Å². The summed E-state index contributed by atoms with van der Waals surface area (Å²) >= 11 is 17.7. The number of hydrogen-bond donors (Lipinski definition) is 5. The predicted molar refractivity (Wildman–Crippen MR) is 383 cm³/mol. The number of amides is 2. The lowest BCUT2D eigenvalue weighted by Gasteiger charge is -2.38. The molecule has 101 heavy (non-hydrogen) atoms. The average molecular weight is 1510 g/mol. The fraction of sp³-hybridized carbons (Fsp3) is 0.439. The Morgan fingerprint density at radius 2 is 0.792 bits per heavy atom. The van der Waals surface area contributed by atoms with Crippen LogP contribution in [0, 0.1) is 0 Å². The molecule has 554 valence electrons. The quantitative estimate of drug-likeness (QED) is 0.0348. The third kappa shape index (κ3) is 35.4. The number of aliphatic hydroxyl groups excluding tert-OH is 2. The van der Waals surface area contributed by atoms with Crippen LogP contribution >= 0.6 is 59.6 Å². The van der Waals surface area contributed by atoms with Crippen molar-refractivity contribution in [3.63, 3.8) is 0 Å². The van der Waals surface area contributed by atoms with E-state index in [1.807, 2.05) is 51.1 Å². The molecule has 5 N–H and O–H groups in total. The van der Waals surface area contributed by atoms with E-state index in [4.69, 9.17) is 78.5 Å². The van der Waals surface area contributed by atoms with Crippen LogP contribution in [0.3, 0.4) is 0 Å². The van der Waals surface area contributed by atoms with Crippen molar-refractivity contribution in [2.24, 2.45) is 0 Å². The second-order valence-electron chi connectivity index (χ2n) is 25.5. The summed E-state index contributed by atoms with van der Waals surface area (Å²) < 4.78 is 38.7. The van der Waals surface area contributed by atoms with Crippen molar-refractivity contribution < 1.29 is 82.0 Å². The van der Waals surface area contributed by atoms with E-state index in [-0.39, 0.29) is 68.7 Å². The number of rotatable bonds is 11. The van der Waals surface area contributed by atoms with Gasteiger partial charge in [-0.05, 0) is 119 Å². The van der Waals surface area contributed by atoms with Gasteiger partial charge in [0.25, 0.3) is 0 Å². The molecule has 7 heterocycles. The van der Waals surface area contributed by atoms with E-state index in [1.165, 1.54) is 73.6 Å². The topological polar surface area (TPSA) is 367 Å². The Morgan fingerprint density at radius 3 is 1.07 bits per heavy atom. The predicted octanol–water partition coefficient (Wildman–Crippen LogP) is 10.9. The standard InChI is InChI=1S/C19H21ClN4O4.C14H13ClN4O2.C11H8ClN3O2.C10H18O5.C8H15NO3.C3H7NO.CH4.2ClH/c1-19(2,3)28-18(26)23-10-15(11-23)27-16(25)7-8-24-12-21-17(22-24)13-5-4-6-14(20)9-13;15-11-3-1-2-10(6-11)14-17-9-19(18-14)5-4-13(20)21-12-7-16-8-12;12-9-3-1-2-8(6-9)11-13-7-15(14-11)5-4-10(16)17;1-9(2,3)14-7(11)13-8(12)15-10(4,5)6;1-8(2,3)12-7(11)9-4-6(10)5-9;5-3-1-4-2-3;;;/h4-9,12,15H,10-11H2,1-3H3;1-6,9,12,16H,7-8H2;1-7H,(H,16,17);1-6H3;6,10H,4-5H2,1-3H3;3-5H,1-2H2;1H4;2*1H/b8-7+;2*5-4+;;;;;;. The summed E-state index contributed by atoms with van der Waals surface area (Å²) in [7, 11) is 0. The minimum Gasteiger partial charge on any atom is -0.478 e. The highest BCUT2D eigenvalue weighted by Gasteiger charge is 2.36. The summed E-state index contributed by atoms with van der Waals surface area (Å²) in [5.41, 5.74) is -0.0178. The fourth-order valence-electron chi connectivity index (χ4n) is 7.29. The first-order valence-corrected chi connectivity index (χ1v) is 31.5. The summed E-state index contributed by atoms with van der Waals surface area (Å²) in [6, 6.07) is 21.6. The van der Waals surface area contributed by atoms with Gasteiger partial charge in [-0.2, -0.15) is 0 Å². The first-order chi connectivity index (χ1) is 45.8. The highest BCUT2D eigenvalue weighted by atomic mass is 35.5. The summed E-state index contributed by atoms with van der Waals surface area (Å²) in [4.78, 5) is 94.2. The minimum absolute atomic E-state index is 0. The zero-order chi connectivity index (χ0) is 72.5. The maximum absolute atomic E-state index is 11.9. The number of nitrogens with one attached hydrogen (secondary N) is 2. The lowest BCUT2D eigenvalue weighted by molar-refractivity contribution is -0.150. The Balaban J connectivity index is 0.000000429. The Morgan fingerprint density at radius 1 is 0.475 bits per heavy atom. The normalized spacial score (nSPS) is 14.3. The number of halogens is 5. The van der Waals surface area contributed by atoms with Crippen molar-refractivity contribution in [3.8, 4) is 34.2 Å². The number of nitrogens with zero attached hydrogens (tertiary/aromatic N) is 11. The molecule has 6 aromatic rings. The second kappa shape index (κ2) is 41.3. The molecule has 10 rings (SSSR count). The summed E-state index contributed by atoms with van der Waals surface area (Å²) in [5, 5.41) is 46.1. The number of carboxylic acids is 1. The highest BCUT2D eigenvalue weighted by Crippen LogP contribution is 2.23. The molecule has 0 atom stereocenters. The van der Waals surface area contributed by atoms with Gasteiger partial charge in [-0.3, -0.25) is 0 Å². The van der Waals surface area contributed by atoms with Crippen LogP contribution in [0.5, 0.6) is 0 Å². The van der Waals surface area contributed by atoms with Crippen molar-refractivity contribution >= 4 is 121 Å². The molecule has 3 aromatic carbocycles. The van der Waals surface area contributed by atoms with Gasteiger partial charge in [0, 0.05) is 94.8 Å². The Labute approximate surface area is 613 Å². The summed E-state index contributed by atoms with van der Waals surface area (Å²) in [6.07, 6.45) is 8.61. The molecule has 0 aliphatic carbocycles. The maximum Gasteiger partial charge on any atom is 0.519 e. The van der Waals surface area contributed by atoms with Crippen LogP contribution < -0.4 is 10.6 Å². The molecular formula is C66H88Cl5N13O17.